The minimum absolute atomic E-state index is 0.0315. The van der Waals surface area contributed by atoms with Crippen LogP contribution in [0.2, 0.25) is 0 Å². The van der Waals surface area contributed by atoms with Crippen LogP contribution in [0.25, 0.3) is 5.76 Å². The molecular formula is C30H31NO5. The van der Waals surface area contributed by atoms with Crippen molar-refractivity contribution >= 4 is 23.1 Å². The molecule has 3 aromatic carbocycles. The number of hydrogen-bond acceptors (Lipinski definition) is 5. The smallest absolute Gasteiger partial charge is 0.300 e. The van der Waals surface area contributed by atoms with Crippen LogP contribution in [-0.4, -0.2) is 29.0 Å². The number of aryl methyl sites for hydroxylation is 1. The Morgan fingerprint density at radius 2 is 1.64 bits per heavy atom. The Bertz CT molecular complexity index is 1380. The SMILES string of the molecule is COc1ccc(C(C)(C)C)cc1/C(O)=C1\C(=O)C(=O)N(c2cccc(C)c2C)C1c1ccc(O)cc1. The number of phenolic OH excluding ortho intramolecular Hbond substituents is 1. The van der Waals surface area contributed by atoms with Gasteiger partial charge in [0.2, 0.25) is 0 Å². The molecule has 1 fully saturated rings. The third kappa shape index (κ3) is 4.24. The van der Waals surface area contributed by atoms with Crippen molar-refractivity contribution in [3.63, 3.8) is 0 Å². The molecule has 36 heavy (non-hydrogen) atoms. The summed E-state index contributed by atoms with van der Waals surface area (Å²) in [7, 11) is 1.50. The van der Waals surface area contributed by atoms with Gasteiger partial charge >= 0.3 is 0 Å². The number of aliphatic hydroxyl groups excluding tert-OH is 1. The first-order chi connectivity index (χ1) is 17.0. The highest BCUT2D eigenvalue weighted by molar-refractivity contribution is 6.51. The fraction of sp³-hybridized carbons (Fsp3) is 0.267. The Morgan fingerprint density at radius 3 is 2.25 bits per heavy atom. The van der Waals surface area contributed by atoms with Gasteiger partial charge in [-0.05, 0) is 71.8 Å². The largest absolute Gasteiger partial charge is 0.508 e. The number of carbonyl (C=O) groups excluding carboxylic acids is 2. The van der Waals surface area contributed by atoms with Crippen LogP contribution >= 0.6 is 0 Å². The predicted molar refractivity (Wildman–Crippen MR) is 140 cm³/mol. The minimum atomic E-state index is -0.894. The van der Waals surface area contributed by atoms with E-state index in [9.17, 15) is 19.8 Å². The van der Waals surface area contributed by atoms with Gasteiger partial charge in [0.05, 0.1) is 24.3 Å². The molecule has 3 aromatic rings. The van der Waals surface area contributed by atoms with Crippen LogP contribution in [0, 0.1) is 13.8 Å². The lowest BCUT2D eigenvalue weighted by atomic mass is 9.85. The minimum Gasteiger partial charge on any atom is -0.508 e. The van der Waals surface area contributed by atoms with E-state index in [0.717, 1.165) is 16.7 Å². The zero-order valence-corrected chi connectivity index (χ0v) is 21.4. The van der Waals surface area contributed by atoms with Gasteiger partial charge in [-0.3, -0.25) is 14.5 Å². The monoisotopic (exact) mass is 485 g/mol. The van der Waals surface area contributed by atoms with E-state index in [4.69, 9.17) is 4.74 Å². The summed E-state index contributed by atoms with van der Waals surface area (Å²) >= 11 is 0. The molecule has 0 aliphatic carbocycles. The number of methoxy groups -OCH3 is 1. The van der Waals surface area contributed by atoms with Gasteiger partial charge in [-0.2, -0.15) is 0 Å². The molecule has 1 amide bonds. The Labute approximate surface area is 211 Å². The van der Waals surface area contributed by atoms with E-state index < -0.39 is 17.7 Å². The lowest BCUT2D eigenvalue weighted by Crippen LogP contribution is -2.30. The van der Waals surface area contributed by atoms with Gasteiger partial charge in [0.1, 0.15) is 17.3 Å². The third-order valence-electron chi connectivity index (χ3n) is 6.81. The molecule has 0 saturated carbocycles. The highest BCUT2D eigenvalue weighted by atomic mass is 16.5. The van der Waals surface area contributed by atoms with Gasteiger partial charge in [-0.1, -0.05) is 51.1 Å². The normalized spacial score (nSPS) is 17.5. The number of ketones is 1. The number of anilines is 1. The number of amides is 1. The molecule has 1 saturated heterocycles. The van der Waals surface area contributed by atoms with E-state index in [1.807, 2.05) is 32.0 Å². The first kappa shape index (κ1) is 25.0. The van der Waals surface area contributed by atoms with E-state index in [1.165, 1.54) is 24.1 Å². The number of aromatic hydroxyl groups is 1. The number of carbonyl (C=O) groups is 2. The van der Waals surface area contributed by atoms with E-state index in [-0.39, 0.29) is 22.5 Å². The molecule has 6 nitrogen and oxygen atoms in total. The fourth-order valence-corrected chi connectivity index (χ4v) is 4.55. The van der Waals surface area contributed by atoms with Crippen molar-refractivity contribution in [2.75, 3.05) is 12.0 Å². The van der Waals surface area contributed by atoms with Crippen molar-refractivity contribution in [1.82, 2.24) is 0 Å². The molecule has 2 N–H and O–H groups in total. The average Bonchev–Trinajstić information content (AvgIpc) is 3.10. The molecule has 0 radical (unpaired) electrons. The second-order valence-electron chi connectivity index (χ2n) is 10.1. The first-order valence-corrected chi connectivity index (χ1v) is 11.8. The van der Waals surface area contributed by atoms with Crippen LogP contribution in [0.15, 0.2) is 66.2 Å². The van der Waals surface area contributed by atoms with Crippen molar-refractivity contribution < 1.29 is 24.5 Å². The molecule has 1 atom stereocenters. The zero-order valence-electron chi connectivity index (χ0n) is 21.4. The number of hydrogen-bond donors (Lipinski definition) is 2. The van der Waals surface area contributed by atoms with Gasteiger partial charge in [0.25, 0.3) is 11.7 Å². The molecule has 4 rings (SSSR count). The summed E-state index contributed by atoms with van der Waals surface area (Å²) in [6.45, 7) is 9.99. The van der Waals surface area contributed by atoms with Gasteiger partial charge < -0.3 is 14.9 Å². The van der Waals surface area contributed by atoms with Crippen molar-refractivity contribution in [2.24, 2.45) is 0 Å². The number of nitrogens with zero attached hydrogens (tertiary/aromatic N) is 1. The van der Waals surface area contributed by atoms with Crippen molar-refractivity contribution in [3.05, 3.63) is 94.1 Å². The van der Waals surface area contributed by atoms with Gasteiger partial charge in [0.15, 0.2) is 0 Å². The molecule has 0 aromatic heterocycles. The average molecular weight is 486 g/mol. The number of rotatable bonds is 4. The summed E-state index contributed by atoms with van der Waals surface area (Å²) in [5.74, 6) is -1.36. The quantitative estimate of drug-likeness (QED) is 0.271. The third-order valence-corrected chi connectivity index (χ3v) is 6.81. The second kappa shape index (κ2) is 9.19. The van der Waals surface area contributed by atoms with E-state index in [2.05, 4.69) is 20.8 Å². The maximum Gasteiger partial charge on any atom is 0.300 e. The van der Waals surface area contributed by atoms with Gasteiger partial charge in [-0.15, -0.1) is 0 Å². The lowest BCUT2D eigenvalue weighted by molar-refractivity contribution is -0.132. The van der Waals surface area contributed by atoms with Crippen LogP contribution in [0.4, 0.5) is 5.69 Å². The fourth-order valence-electron chi connectivity index (χ4n) is 4.55. The first-order valence-electron chi connectivity index (χ1n) is 11.8. The lowest BCUT2D eigenvalue weighted by Gasteiger charge is -2.27. The van der Waals surface area contributed by atoms with Crippen LogP contribution in [-0.2, 0) is 15.0 Å². The van der Waals surface area contributed by atoms with Crippen LogP contribution in [0.3, 0.4) is 0 Å². The predicted octanol–water partition coefficient (Wildman–Crippen LogP) is 5.94. The number of ether oxygens (including phenoxy) is 1. The van der Waals surface area contributed by atoms with E-state index in [0.29, 0.717) is 22.6 Å². The molecule has 1 aliphatic rings. The summed E-state index contributed by atoms with van der Waals surface area (Å²) in [4.78, 5) is 28.5. The summed E-state index contributed by atoms with van der Waals surface area (Å²) in [6, 6.07) is 16.4. The Kier molecular flexibility index (Phi) is 6.39. The molecular weight excluding hydrogens is 454 g/mol. The zero-order chi connectivity index (χ0) is 26.4. The van der Waals surface area contributed by atoms with Crippen molar-refractivity contribution in [2.45, 2.75) is 46.1 Å². The molecule has 0 bridgehead atoms. The highest BCUT2D eigenvalue weighted by Gasteiger charge is 2.47. The Morgan fingerprint density at radius 1 is 0.972 bits per heavy atom. The number of benzene rings is 3. The topological polar surface area (TPSA) is 87.1 Å². The number of aliphatic hydroxyl groups is 1. The molecule has 1 unspecified atom stereocenters. The maximum absolute atomic E-state index is 13.5. The van der Waals surface area contributed by atoms with Crippen molar-refractivity contribution in [1.29, 1.82) is 0 Å². The number of Topliss-reactive ketones (excluding diaryl/α,β-unsaturated/α-hetero) is 1. The van der Waals surface area contributed by atoms with Crippen LogP contribution in [0.1, 0.15) is 54.6 Å². The Hall–Kier alpha value is -4.06. The molecule has 1 heterocycles. The van der Waals surface area contributed by atoms with E-state index >= 15 is 0 Å². The standard InChI is InChI=1S/C30H31NO5/c1-17-8-7-9-23(18(17)2)31-26(19-10-13-21(32)14-11-19)25(28(34)29(31)35)27(33)22-16-20(30(3,4)5)12-15-24(22)36-6/h7-16,26,32-33H,1-6H3/b27-25+. The summed E-state index contributed by atoms with van der Waals surface area (Å²) in [5, 5.41) is 21.5. The van der Waals surface area contributed by atoms with E-state index in [1.54, 1.807) is 30.3 Å². The van der Waals surface area contributed by atoms with Crippen LogP contribution in [0.5, 0.6) is 11.5 Å². The summed E-state index contributed by atoms with van der Waals surface area (Å²) in [6.07, 6.45) is 0. The molecule has 6 heteroatoms. The van der Waals surface area contributed by atoms with Gasteiger partial charge in [0, 0.05) is 5.69 Å². The molecule has 1 aliphatic heterocycles. The second-order valence-corrected chi connectivity index (χ2v) is 10.1. The van der Waals surface area contributed by atoms with Crippen molar-refractivity contribution in [3.8, 4) is 11.5 Å². The van der Waals surface area contributed by atoms with Gasteiger partial charge in [-0.25, -0.2) is 0 Å². The summed E-state index contributed by atoms with van der Waals surface area (Å²) < 4.78 is 5.52. The summed E-state index contributed by atoms with van der Waals surface area (Å²) in [5.41, 5.74) is 4.03. The molecule has 186 valence electrons. The number of phenols is 1. The van der Waals surface area contributed by atoms with Crippen LogP contribution < -0.4 is 9.64 Å². The Balaban J connectivity index is 2.02. The maximum atomic E-state index is 13.5. The highest BCUT2D eigenvalue weighted by Crippen LogP contribution is 2.45. The molecule has 0 spiro atoms.